The molecule has 0 aliphatic carbocycles. The first-order chi connectivity index (χ1) is 15.5. The van der Waals surface area contributed by atoms with Crippen molar-refractivity contribution in [3.05, 3.63) is 18.2 Å². The summed E-state index contributed by atoms with van der Waals surface area (Å²) in [5.74, 6) is -5.29. The number of nitrogens with zero attached hydrogens (tertiary/aromatic N) is 2. The van der Waals surface area contributed by atoms with E-state index in [1.54, 1.807) is 0 Å². The molecule has 33 heavy (non-hydrogen) atoms. The molecule has 5 unspecified atom stereocenters. The molecule has 0 bridgehead atoms. The molecule has 1 saturated heterocycles. The first-order valence-corrected chi connectivity index (χ1v) is 10.3. The van der Waals surface area contributed by atoms with E-state index in [2.05, 4.69) is 15.3 Å². The number of carboxylic acid groups (broad SMARTS) is 2. The fourth-order valence-electron chi connectivity index (χ4n) is 3.53. The van der Waals surface area contributed by atoms with Gasteiger partial charge in [-0.25, -0.2) is 9.78 Å². The van der Waals surface area contributed by atoms with Crippen LogP contribution in [-0.4, -0.2) is 96.7 Å². The zero-order chi connectivity index (χ0) is 24.7. The van der Waals surface area contributed by atoms with E-state index in [-0.39, 0.29) is 13.0 Å². The maximum atomic E-state index is 12.9. The third-order valence-corrected chi connectivity index (χ3v) is 5.21. The van der Waals surface area contributed by atoms with Gasteiger partial charge in [-0.05, 0) is 19.8 Å². The highest BCUT2D eigenvalue weighted by Crippen LogP contribution is 2.19. The van der Waals surface area contributed by atoms with Gasteiger partial charge in [-0.15, -0.1) is 0 Å². The molecule has 1 aromatic heterocycles. The molecule has 182 valence electrons. The van der Waals surface area contributed by atoms with Gasteiger partial charge in [-0.1, -0.05) is 0 Å². The van der Waals surface area contributed by atoms with Crippen molar-refractivity contribution >= 4 is 29.7 Å². The van der Waals surface area contributed by atoms with Gasteiger partial charge in [0.25, 0.3) is 0 Å². The number of aromatic nitrogens is 2. The van der Waals surface area contributed by atoms with E-state index in [1.165, 1.54) is 24.3 Å². The molecule has 3 amide bonds. The van der Waals surface area contributed by atoms with Gasteiger partial charge in [0.15, 0.2) is 0 Å². The molecule has 8 N–H and O–H groups in total. The monoisotopic (exact) mass is 468 g/mol. The number of aromatic amines is 1. The number of H-pyrrole nitrogens is 1. The second-order valence-corrected chi connectivity index (χ2v) is 7.80. The number of imidazole rings is 1. The number of likely N-dealkylation sites (tertiary alicyclic amines) is 1. The van der Waals surface area contributed by atoms with E-state index in [0.717, 1.165) is 0 Å². The summed E-state index contributed by atoms with van der Waals surface area (Å²) in [7, 11) is 0. The largest absolute Gasteiger partial charge is 0.481 e. The van der Waals surface area contributed by atoms with Crippen molar-refractivity contribution in [2.75, 3.05) is 6.54 Å². The maximum absolute atomic E-state index is 12.9. The molecule has 0 spiro atoms. The molecule has 1 aliphatic rings. The number of aliphatic hydroxyl groups excluding tert-OH is 1. The van der Waals surface area contributed by atoms with E-state index < -0.39 is 66.4 Å². The zero-order valence-corrected chi connectivity index (χ0v) is 17.9. The van der Waals surface area contributed by atoms with E-state index in [9.17, 15) is 29.1 Å². The predicted octanol–water partition coefficient (Wildman–Crippen LogP) is -2.82. The topological polar surface area (TPSA) is 228 Å². The van der Waals surface area contributed by atoms with Crippen molar-refractivity contribution in [1.29, 1.82) is 0 Å². The molecule has 1 aliphatic heterocycles. The number of rotatable bonds is 11. The first-order valence-electron chi connectivity index (χ1n) is 10.3. The van der Waals surface area contributed by atoms with Gasteiger partial charge in [0.05, 0.1) is 24.9 Å². The minimum atomic E-state index is -1.75. The van der Waals surface area contributed by atoms with Gasteiger partial charge < -0.3 is 41.6 Å². The van der Waals surface area contributed by atoms with E-state index in [0.29, 0.717) is 18.5 Å². The third-order valence-electron chi connectivity index (χ3n) is 5.21. The van der Waals surface area contributed by atoms with Gasteiger partial charge in [0.2, 0.25) is 17.7 Å². The van der Waals surface area contributed by atoms with Gasteiger partial charge in [-0.2, -0.15) is 0 Å². The van der Waals surface area contributed by atoms with Crippen LogP contribution in [0.2, 0.25) is 0 Å². The third kappa shape index (κ3) is 6.98. The lowest BCUT2D eigenvalue weighted by molar-refractivity contribution is -0.148. The fraction of sp³-hybridized carbons (Fsp3) is 0.579. The number of amides is 3. The summed E-state index contributed by atoms with van der Waals surface area (Å²) < 4.78 is 0. The van der Waals surface area contributed by atoms with Crippen LogP contribution >= 0.6 is 0 Å². The Bertz CT molecular complexity index is 874. The normalized spacial score (nSPS) is 19.2. The smallest absolute Gasteiger partial charge is 0.326 e. The van der Waals surface area contributed by atoms with E-state index in [1.807, 2.05) is 5.32 Å². The minimum Gasteiger partial charge on any atom is -0.481 e. The molecular weight excluding hydrogens is 440 g/mol. The van der Waals surface area contributed by atoms with Crippen LogP contribution in [0.4, 0.5) is 0 Å². The Kier molecular flexibility index (Phi) is 8.87. The van der Waals surface area contributed by atoms with Crippen LogP contribution in [0, 0.1) is 0 Å². The molecule has 1 fully saturated rings. The quantitative estimate of drug-likeness (QED) is 0.176. The molecule has 0 radical (unpaired) electrons. The number of carbonyl (C=O) groups is 5. The zero-order valence-electron chi connectivity index (χ0n) is 17.9. The van der Waals surface area contributed by atoms with Crippen molar-refractivity contribution in [2.45, 2.75) is 62.9 Å². The number of hydrogen-bond donors (Lipinski definition) is 7. The fourth-order valence-corrected chi connectivity index (χ4v) is 3.53. The second kappa shape index (κ2) is 11.4. The summed E-state index contributed by atoms with van der Waals surface area (Å²) in [6.45, 7) is 1.48. The standard InChI is InChI=1S/C19H28N6O8/c1-9(26)15(17(30)23-12(19(32)33)6-14(27)28)24-16(29)13-3-2-4-25(13)18(31)11(20)5-10-7-21-8-22-10/h7-9,11-13,15,26H,2-6,20H2,1H3,(H,21,22)(H,23,30)(H,24,29)(H,27,28)(H,32,33). The summed E-state index contributed by atoms with van der Waals surface area (Å²) in [4.78, 5) is 68.2. The van der Waals surface area contributed by atoms with Gasteiger partial charge in [0, 0.05) is 24.9 Å². The van der Waals surface area contributed by atoms with Crippen molar-refractivity contribution < 1.29 is 39.3 Å². The van der Waals surface area contributed by atoms with Crippen LogP contribution in [-0.2, 0) is 30.4 Å². The maximum Gasteiger partial charge on any atom is 0.326 e. The Labute approximate surface area is 188 Å². The van der Waals surface area contributed by atoms with Crippen LogP contribution in [0.25, 0.3) is 0 Å². The molecule has 1 aromatic rings. The van der Waals surface area contributed by atoms with Crippen molar-refractivity contribution in [3.63, 3.8) is 0 Å². The van der Waals surface area contributed by atoms with Crippen LogP contribution in [0.3, 0.4) is 0 Å². The Balaban J connectivity index is 2.05. The van der Waals surface area contributed by atoms with Crippen molar-refractivity contribution in [3.8, 4) is 0 Å². The molecule has 2 heterocycles. The van der Waals surface area contributed by atoms with Gasteiger partial charge in [-0.3, -0.25) is 19.2 Å². The van der Waals surface area contributed by atoms with Crippen molar-refractivity contribution in [1.82, 2.24) is 25.5 Å². The highest BCUT2D eigenvalue weighted by molar-refractivity contribution is 5.95. The number of aliphatic hydroxyl groups is 1. The van der Waals surface area contributed by atoms with E-state index >= 15 is 0 Å². The molecular formula is C19H28N6O8. The lowest BCUT2D eigenvalue weighted by Crippen LogP contribution is -2.59. The molecule has 14 heteroatoms. The Morgan fingerprint density at radius 2 is 1.97 bits per heavy atom. The number of aliphatic carboxylic acids is 2. The number of carbonyl (C=O) groups excluding carboxylic acids is 3. The predicted molar refractivity (Wildman–Crippen MR) is 110 cm³/mol. The summed E-state index contributed by atoms with van der Waals surface area (Å²) in [6.07, 6.45) is 1.67. The molecule has 0 aromatic carbocycles. The van der Waals surface area contributed by atoms with Crippen LogP contribution in [0.15, 0.2) is 12.5 Å². The summed E-state index contributed by atoms with van der Waals surface area (Å²) in [5, 5.41) is 32.2. The molecule has 14 nitrogen and oxygen atoms in total. The first kappa shape index (κ1) is 25.7. The summed E-state index contributed by atoms with van der Waals surface area (Å²) >= 11 is 0. The second-order valence-electron chi connectivity index (χ2n) is 7.80. The number of carboxylic acids is 2. The number of nitrogens with one attached hydrogen (secondary N) is 3. The van der Waals surface area contributed by atoms with Crippen molar-refractivity contribution in [2.24, 2.45) is 5.73 Å². The minimum absolute atomic E-state index is 0.183. The Hall–Kier alpha value is -3.52. The highest BCUT2D eigenvalue weighted by atomic mass is 16.4. The SMILES string of the molecule is CC(O)C(NC(=O)C1CCCN1C(=O)C(N)Cc1cnc[nH]1)C(=O)NC(CC(=O)O)C(=O)O. The molecule has 2 rings (SSSR count). The highest BCUT2D eigenvalue weighted by Gasteiger charge is 2.39. The lowest BCUT2D eigenvalue weighted by atomic mass is 10.1. The number of nitrogens with two attached hydrogens (primary N) is 1. The summed E-state index contributed by atoms with van der Waals surface area (Å²) in [5.41, 5.74) is 6.64. The Morgan fingerprint density at radius 1 is 1.27 bits per heavy atom. The lowest BCUT2D eigenvalue weighted by Gasteiger charge is -2.29. The summed E-state index contributed by atoms with van der Waals surface area (Å²) in [6, 6.07) is -5.18. The van der Waals surface area contributed by atoms with Crippen LogP contribution in [0.1, 0.15) is 31.9 Å². The van der Waals surface area contributed by atoms with Gasteiger partial charge in [0.1, 0.15) is 18.1 Å². The van der Waals surface area contributed by atoms with E-state index in [4.69, 9.17) is 15.9 Å². The van der Waals surface area contributed by atoms with Gasteiger partial charge >= 0.3 is 11.9 Å². The van der Waals surface area contributed by atoms with Crippen LogP contribution in [0.5, 0.6) is 0 Å². The number of hydrogen-bond acceptors (Lipinski definition) is 8. The van der Waals surface area contributed by atoms with Crippen LogP contribution < -0.4 is 16.4 Å². The molecule has 0 saturated carbocycles. The average molecular weight is 468 g/mol. The Morgan fingerprint density at radius 3 is 2.52 bits per heavy atom. The average Bonchev–Trinajstić information content (AvgIpc) is 3.41. The molecule has 5 atom stereocenters.